The van der Waals surface area contributed by atoms with Crippen LogP contribution in [0.1, 0.15) is 17.5 Å². The van der Waals surface area contributed by atoms with E-state index < -0.39 is 0 Å². The number of carbonyl (C=O) groups excluding carboxylic acids is 1. The molecule has 144 valence electrons. The van der Waals surface area contributed by atoms with Crippen molar-refractivity contribution in [1.29, 1.82) is 0 Å². The van der Waals surface area contributed by atoms with Crippen LogP contribution in [-0.4, -0.2) is 44.7 Å². The fourth-order valence-corrected chi connectivity index (χ4v) is 3.16. The van der Waals surface area contributed by atoms with E-state index in [0.717, 1.165) is 42.2 Å². The van der Waals surface area contributed by atoms with Gasteiger partial charge in [0.1, 0.15) is 6.61 Å². The molecule has 0 aromatic heterocycles. The molecule has 0 saturated heterocycles. The minimum atomic E-state index is 0.0426. The zero-order valence-electron chi connectivity index (χ0n) is 16.0. The highest BCUT2D eigenvalue weighted by atomic mass is 16.5. The normalized spacial score (nSPS) is 13.2. The van der Waals surface area contributed by atoms with Crippen molar-refractivity contribution in [2.75, 3.05) is 44.9 Å². The highest BCUT2D eigenvalue weighted by Gasteiger charge is 2.21. The number of nitrogen functional groups attached to an aromatic ring is 1. The first-order valence-electron chi connectivity index (χ1n) is 9.22. The lowest BCUT2D eigenvalue weighted by Gasteiger charge is -2.23. The molecule has 2 aromatic rings. The molecule has 1 aliphatic heterocycles. The number of nitrogens with zero attached hydrogens (tertiary/aromatic N) is 1. The molecule has 0 spiro atoms. The molecule has 6 nitrogen and oxygen atoms in total. The Morgan fingerprint density at radius 2 is 1.89 bits per heavy atom. The number of benzene rings is 2. The van der Waals surface area contributed by atoms with Crippen molar-refractivity contribution < 1.29 is 14.3 Å². The quantitative estimate of drug-likeness (QED) is 0.700. The highest BCUT2D eigenvalue weighted by Crippen LogP contribution is 2.38. The van der Waals surface area contributed by atoms with Crippen LogP contribution in [0, 0.1) is 0 Å². The second-order valence-electron chi connectivity index (χ2n) is 6.81. The topological polar surface area (TPSA) is 76.8 Å². The van der Waals surface area contributed by atoms with E-state index in [0.29, 0.717) is 25.2 Å². The van der Waals surface area contributed by atoms with Crippen LogP contribution in [-0.2, 0) is 17.6 Å². The van der Waals surface area contributed by atoms with Crippen molar-refractivity contribution in [3.8, 4) is 11.5 Å². The number of nitrogens with two attached hydrogens (primary N) is 1. The van der Waals surface area contributed by atoms with Crippen LogP contribution in [0.25, 0.3) is 0 Å². The third-order valence-corrected chi connectivity index (χ3v) is 4.80. The van der Waals surface area contributed by atoms with Gasteiger partial charge in [0.05, 0.1) is 7.11 Å². The molecular weight excluding hydrogens is 342 g/mol. The van der Waals surface area contributed by atoms with Crippen molar-refractivity contribution in [1.82, 2.24) is 4.90 Å². The van der Waals surface area contributed by atoms with E-state index in [2.05, 4.69) is 29.4 Å². The van der Waals surface area contributed by atoms with Crippen LogP contribution >= 0.6 is 0 Å². The Kier molecular flexibility index (Phi) is 6.19. The third kappa shape index (κ3) is 4.92. The second kappa shape index (κ2) is 8.77. The minimum absolute atomic E-state index is 0.0426. The first kappa shape index (κ1) is 19.0. The standard InChI is InChI=1S/C21H27N3O3/c1-24(12-11-15-3-5-16(22)6-4-15)13-14-27-21-17-7-10-20(25)23-18(17)8-9-19(21)26-2/h3-6,8-9H,7,10-14,22H2,1-2H3,(H,23,25). The van der Waals surface area contributed by atoms with Gasteiger partial charge in [-0.05, 0) is 49.7 Å². The van der Waals surface area contributed by atoms with Gasteiger partial charge in [-0.25, -0.2) is 0 Å². The van der Waals surface area contributed by atoms with Gasteiger partial charge in [0, 0.05) is 36.4 Å². The van der Waals surface area contributed by atoms with Gasteiger partial charge in [0.25, 0.3) is 0 Å². The van der Waals surface area contributed by atoms with Crippen molar-refractivity contribution in [3.63, 3.8) is 0 Å². The lowest BCUT2D eigenvalue weighted by molar-refractivity contribution is -0.116. The SMILES string of the molecule is COc1ccc2c(c1OCCN(C)CCc1ccc(N)cc1)CCC(=O)N2. The Bertz CT molecular complexity index is 790. The van der Waals surface area contributed by atoms with Crippen LogP contribution in [0.3, 0.4) is 0 Å². The molecule has 6 heteroatoms. The average molecular weight is 369 g/mol. The van der Waals surface area contributed by atoms with Crippen molar-refractivity contribution in [3.05, 3.63) is 47.5 Å². The molecule has 2 aromatic carbocycles. The molecule has 0 fully saturated rings. The van der Waals surface area contributed by atoms with Crippen LogP contribution in [0.4, 0.5) is 11.4 Å². The van der Waals surface area contributed by atoms with Gasteiger partial charge in [-0.1, -0.05) is 12.1 Å². The zero-order valence-corrected chi connectivity index (χ0v) is 16.0. The monoisotopic (exact) mass is 369 g/mol. The van der Waals surface area contributed by atoms with E-state index >= 15 is 0 Å². The Balaban J connectivity index is 1.54. The molecule has 3 N–H and O–H groups in total. The van der Waals surface area contributed by atoms with Gasteiger partial charge >= 0.3 is 0 Å². The molecule has 1 heterocycles. The smallest absolute Gasteiger partial charge is 0.224 e. The van der Waals surface area contributed by atoms with Crippen LogP contribution in [0.2, 0.25) is 0 Å². The summed E-state index contributed by atoms with van der Waals surface area (Å²) in [6.07, 6.45) is 2.10. The summed E-state index contributed by atoms with van der Waals surface area (Å²) in [5.74, 6) is 1.48. The molecular formula is C21H27N3O3. The molecule has 1 amide bonds. The summed E-state index contributed by atoms with van der Waals surface area (Å²) in [5.41, 5.74) is 9.61. The van der Waals surface area contributed by atoms with Gasteiger partial charge in [-0.3, -0.25) is 4.79 Å². The lowest BCUT2D eigenvalue weighted by atomic mass is 10.0. The van der Waals surface area contributed by atoms with E-state index in [9.17, 15) is 4.79 Å². The van der Waals surface area contributed by atoms with Crippen molar-refractivity contribution >= 4 is 17.3 Å². The number of hydrogen-bond donors (Lipinski definition) is 2. The largest absolute Gasteiger partial charge is 0.493 e. The van der Waals surface area contributed by atoms with Gasteiger partial charge in [0.2, 0.25) is 5.91 Å². The zero-order chi connectivity index (χ0) is 19.2. The van der Waals surface area contributed by atoms with E-state index in [-0.39, 0.29) is 5.91 Å². The Morgan fingerprint density at radius 3 is 2.63 bits per heavy atom. The molecule has 1 aliphatic rings. The van der Waals surface area contributed by atoms with E-state index in [1.807, 2.05) is 24.3 Å². The second-order valence-corrected chi connectivity index (χ2v) is 6.81. The third-order valence-electron chi connectivity index (χ3n) is 4.80. The number of ether oxygens (including phenoxy) is 2. The number of fused-ring (bicyclic) bond motifs is 1. The maximum atomic E-state index is 11.6. The number of likely N-dealkylation sites (N-methyl/N-ethyl adjacent to an activating group) is 1. The van der Waals surface area contributed by atoms with Gasteiger partial charge in [0.15, 0.2) is 11.5 Å². The molecule has 0 unspecified atom stereocenters. The van der Waals surface area contributed by atoms with Crippen molar-refractivity contribution in [2.45, 2.75) is 19.3 Å². The molecule has 0 radical (unpaired) electrons. The molecule has 3 rings (SSSR count). The number of nitrogens with one attached hydrogen (secondary N) is 1. The molecule has 0 atom stereocenters. The Hall–Kier alpha value is -2.73. The van der Waals surface area contributed by atoms with Crippen LogP contribution < -0.4 is 20.5 Å². The van der Waals surface area contributed by atoms with E-state index in [1.165, 1.54) is 5.56 Å². The Labute approximate surface area is 160 Å². The summed E-state index contributed by atoms with van der Waals surface area (Å²) in [5, 5.41) is 2.90. The molecule has 0 bridgehead atoms. The number of carbonyl (C=O) groups is 1. The number of rotatable bonds is 8. The number of hydrogen-bond acceptors (Lipinski definition) is 5. The predicted octanol–water partition coefficient (Wildman–Crippen LogP) is 2.72. The summed E-state index contributed by atoms with van der Waals surface area (Å²) >= 11 is 0. The van der Waals surface area contributed by atoms with Gasteiger partial charge < -0.3 is 25.4 Å². The summed E-state index contributed by atoms with van der Waals surface area (Å²) < 4.78 is 11.5. The predicted molar refractivity (Wildman–Crippen MR) is 107 cm³/mol. The maximum absolute atomic E-state index is 11.6. The summed E-state index contributed by atoms with van der Waals surface area (Å²) in [6.45, 7) is 2.29. The molecule has 0 aliphatic carbocycles. The van der Waals surface area contributed by atoms with E-state index in [4.69, 9.17) is 15.2 Å². The van der Waals surface area contributed by atoms with E-state index in [1.54, 1.807) is 7.11 Å². The van der Waals surface area contributed by atoms with Crippen LogP contribution in [0.15, 0.2) is 36.4 Å². The molecule has 27 heavy (non-hydrogen) atoms. The summed E-state index contributed by atoms with van der Waals surface area (Å²) in [4.78, 5) is 13.8. The number of methoxy groups -OCH3 is 1. The average Bonchev–Trinajstić information content (AvgIpc) is 2.67. The first-order valence-corrected chi connectivity index (χ1v) is 9.22. The number of amides is 1. The molecule has 0 saturated carbocycles. The van der Waals surface area contributed by atoms with Gasteiger partial charge in [-0.2, -0.15) is 0 Å². The highest BCUT2D eigenvalue weighted by molar-refractivity contribution is 5.94. The number of anilines is 2. The minimum Gasteiger partial charge on any atom is -0.493 e. The van der Waals surface area contributed by atoms with Crippen molar-refractivity contribution in [2.24, 2.45) is 0 Å². The van der Waals surface area contributed by atoms with Gasteiger partial charge in [-0.15, -0.1) is 0 Å². The maximum Gasteiger partial charge on any atom is 0.224 e. The summed E-state index contributed by atoms with van der Waals surface area (Å²) in [6, 6.07) is 11.7. The first-order chi connectivity index (χ1) is 13.1. The summed E-state index contributed by atoms with van der Waals surface area (Å²) in [7, 11) is 3.72. The van der Waals surface area contributed by atoms with Crippen LogP contribution in [0.5, 0.6) is 11.5 Å². The lowest BCUT2D eigenvalue weighted by Crippen LogP contribution is -2.27. The fraction of sp³-hybridized carbons (Fsp3) is 0.381. The Morgan fingerprint density at radius 1 is 1.11 bits per heavy atom. The fourth-order valence-electron chi connectivity index (χ4n) is 3.16.